The fourth-order valence-electron chi connectivity index (χ4n) is 2.03. The molecule has 1 atom stereocenters. The van der Waals surface area contributed by atoms with Gasteiger partial charge in [-0.1, -0.05) is 17.7 Å². The maximum atomic E-state index is 11.2. The summed E-state index contributed by atoms with van der Waals surface area (Å²) in [5, 5.41) is 0.616. The Morgan fingerprint density at radius 3 is 2.87 bits per heavy atom. The fraction of sp³-hybridized carbons (Fsp3) is 0.417. The monoisotopic (exact) mass is 224 g/mol. The van der Waals surface area contributed by atoms with Crippen LogP contribution >= 0.6 is 11.6 Å². The van der Waals surface area contributed by atoms with Crippen LogP contribution in [0.1, 0.15) is 30.7 Å². The molecule has 0 aliphatic heterocycles. The largest absolute Gasteiger partial charge is 0.495 e. The molecule has 1 aromatic carbocycles. The Bertz CT molecular complexity index is 387. The van der Waals surface area contributed by atoms with Crippen LogP contribution in [0, 0.1) is 0 Å². The molecule has 1 aliphatic rings. The second-order valence-corrected chi connectivity index (χ2v) is 4.28. The van der Waals surface area contributed by atoms with E-state index < -0.39 is 0 Å². The van der Waals surface area contributed by atoms with Gasteiger partial charge in [0, 0.05) is 12.8 Å². The van der Waals surface area contributed by atoms with E-state index in [-0.39, 0.29) is 0 Å². The van der Waals surface area contributed by atoms with E-state index in [1.807, 2.05) is 18.2 Å². The number of rotatable bonds is 2. The topological polar surface area (TPSA) is 26.3 Å². The number of ketones is 1. The molecule has 80 valence electrons. The molecule has 0 aromatic heterocycles. The van der Waals surface area contributed by atoms with Crippen LogP contribution in [0.3, 0.4) is 0 Å². The van der Waals surface area contributed by atoms with Crippen molar-refractivity contribution in [2.45, 2.75) is 25.2 Å². The van der Waals surface area contributed by atoms with Crippen molar-refractivity contribution in [3.05, 3.63) is 28.8 Å². The molecule has 0 radical (unpaired) electrons. The summed E-state index contributed by atoms with van der Waals surface area (Å²) in [6.07, 6.45) is 2.31. The Labute approximate surface area is 94.2 Å². The van der Waals surface area contributed by atoms with Crippen molar-refractivity contribution in [2.24, 2.45) is 0 Å². The van der Waals surface area contributed by atoms with Crippen LogP contribution in [0.2, 0.25) is 5.02 Å². The zero-order valence-corrected chi connectivity index (χ0v) is 9.38. The van der Waals surface area contributed by atoms with E-state index in [1.165, 1.54) is 0 Å². The first kappa shape index (κ1) is 10.5. The maximum Gasteiger partial charge on any atom is 0.137 e. The van der Waals surface area contributed by atoms with E-state index in [1.54, 1.807) is 7.11 Å². The van der Waals surface area contributed by atoms with Gasteiger partial charge in [0.2, 0.25) is 0 Å². The van der Waals surface area contributed by atoms with Crippen molar-refractivity contribution in [2.75, 3.05) is 7.11 Å². The Balaban J connectivity index is 2.25. The average Bonchev–Trinajstić information content (AvgIpc) is 2.66. The molecule has 1 saturated carbocycles. The maximum absolute atomic E-state index is 11.2. The van der Waals surface area contributed by atoms with E-state index in [0.29, 0.717) is 35.3 Å². The Morgan fingerprint density at radius 2 is 2.27 bits per heavy atom. The first-order valence-corrected chi connectivity index (χ1v) is 5.43. The van der Waals surface area contributed by atoms with Crippen molar-refractivity contribution in [1.82, 2.24) is 0 Å². The molecule has 3 heteroatoms. The summed E-state index contributed by atoms with van der Waals surface area (Å²) < 4.78 is 5.16. The van der Waals surface area contributed by atoms with Gasteiger partial charge in [0.05, 0.1) is 12.1 Å². The van der Waals surface area contributed by atoms with Crippen molar-refractivity contribution >= 4 is 17.4 Å². The second-order valence-electron chi connectivity index (χ2n) is 3.87. The lowest BCUT2D eigenvalue weighted by atomic mass is 9.97. The van der Waals surface area contributed by atoms with Crippen molar-refractivity contribution in [1.29, 1.82) is 0 Å². The van der Waals surface area contributed by atoms with Gasteiger partial charge >= 0.3 is 0 Å². The van der Waals surface area contributed by atoms with Gasteiger partial charge in [0.25, 0.3) is 0 Å². The van der Waals surface area contributed by atoms with Gasteiger partial charge in [0.1, 0.15) is 11.5 Å². The number of hydrogen-bond acceptors (Lipinski definition) is 2. The number of carbonyl (C=O) groups excluding carboxylic acids is 1. The highest BCUT2D eigenvalue weighted by atomic mass is 35.5. The zero-order valence-electron chi connectivity index (χ0n) is 8.63. The molecule has 1 unspecified atom stereocenters. The molecule has 0 spiro atoms. The van der Waals surface area contributed by atoms with Crippen molar-refractivity contribution in [3.63, 3.8) is 0 Å². The summed E-state index contributed by atoms with van der Waals surface area (Å²) in [7, 11) is 1.60. The van der Waals surface area contributed by atoms with Crippen LogP contribution in [-0.2, 0) is 4.79 Å². The van der Waals surface area contributed by atoms with Crippen molar-refractivity contribution < 1.29 is 9.53 Å². The summed E-state index contributed by atoms with van der Waals surface area (Å²) >= 11 is 5.94. The fourth-order valence-corrected chi connectivity index (χ4v) is 2.22. The smallest absolute Gasteiger partial charge is 0.137 e. The second kappa shape index (κ2) is 4.23. The van der Waals surface area contributed by atoms with E-state index in [0.717, 1.165) is 12.0 Å². The average molecular weight is 225 g/mol. The molecule has 15 heavy (non-hydrogen) atoms. The Kier molecular flexibility index (Phi) is 2.96. The number of methoxy groups -OCH3 is 1. The van der Waals surface area contributed by atoms with Gasteiger partial charge < -0.3 is 4.74 Å². The lowest BCUT2D eigenvalue weighted by molar-refractivity contribution is -0.117. The van der Waals surface area contributed by atoms with E-state index in [9.17, 15) is 4.79 Å². The highest BCUT2D eigenvalue weighted by Crippen LogP contribution is 2.35. The van der Waals surface area contributed by atoms with Gasteiger partial charge in [-0.3, -0.25) is 4.79 Å². The van der Waals surface area contributed by atoms with Gasteiger partial charge in [-0.25, -0.2) is 0 Å². The lowest BCUT2D eigenvalue weighted by Gasteiger charge is -2.11. The number of ether oxygens (including phenoxy) is 1. The number of halogens is 1. The van der Waals surface area contributed by atoms with Crippen LogP contribution in [-0.4, -0.2) is 12.9 Å². The normalized spacial score (nSPS) is 20.7. The third-order valence-corrected chi connectivity index (χ3v) is 3.20. The molecule has 2 nitrogen and oxygen atoms in total. The molecule has 1 fully saturated rings. The summed E-state index contributed by atoms with van der Waals surface area (Å²) in [6, 6.07) is 5.75. The molecule has 0 bridgehead atoms. The molecule has 0 heterocycles. The number of Topliss-reactive ketones (excluding diaryl/α,β-unsaturated/α-hetero) is 1. The minimum atomic E-state index is 0.351. The quantitative estimate of drug-likeness (QED) is 0.771. The molecule has 1 aliphatic carbocycles. The van der Waals surface area contributed by atoms with E-state index >= 15 is 0 Å². The minimum Gasteiger partial charge on any atom is -0.495 e. The predicted octanol–water partition coefficient (Wildman–Crippen LogP) is 3.19. The minimum absolute atomic E-state index is 0.351. The molecule has 2 rings (SSSR count). The van der Waals surface area contributed by atoms with Crippen LogP contribution in [0.4, 0.5) is 0 Å². The molecule has 0 amide bonds. The van der Waals surface area contributed by atoms with Gasteiger partial charge in [0.15, 0.2) is 0 Å². The summed E-state index contributed by atoms with van der Waals surface area (Å²) in [6.45, 7) is 0. The third kappa shape index (κ3) is 2.15. The number of carbonyl (C=O) groups is 1. The Hall–Kier alpha value is -1.02. The molecule has 1 aromatic rings. The molecule has 0 saturated heterocycles. The van der Waals surface area contributed by atoms with Crippen LogP contribution in [0.15, 0.2) is 18.2 Å². The highest BCUT2D eigenvalue weighted by molar-refractivity contribution is 6.32. The lowest BCUT2D eigenvalue weighted by Crippen LogP contribution is -1.95. The van der Waals surface area contributed by atoms with Crippen LogP contribution in [0.5, 0.6) is 5.75 Å². The summed E-state index contributed by atoms with van der Waals surface area (Å²) in [5.74, 6) is 1.39. The van der Waals surface area contributed by atoms with Crippen LogP contribution < -0.4 is 4.74 Å². The van der Waals surface area contributed by atoms with Gasteiger partial charge in [-0.15, -0.1) is 0 Å². The zero-order chi connectivity index (χ0) is 10.8. The molecular weight excluding hydrogens is 212 g/mol. The van der Waals surface area contributed by atoms with Crippen LogP contribution in [0.25, 0.3) is 0 Å². The predicted molar refractivity (Wildman–Crippen MR) is 59.6 cm³/mol. The van der Waals surface area contributed by atoms with Gasteiger partial charge in [-0.2, -0.15) is 0 Å². The van der Waals surface area contributed by atoms with Crippen molar-refractivity contribution in [3.8, 4) is 5.75 Å². The molecule has 0 N–H and O–H groups in total. The third-order valence-electron chi connectivity index (χ3n) is 2.89. The molecular formula is C12H13ClO2. The first-order valence-electron chi connectivity index (χ1n) is 5.06. The number of hydrogen-bond donors (Lipinski definition) is 0. The standard InChI is InChI=1S/C12H13ClO2/c1-15-12-7-9(3-5-11(12)13)8-2-4-10(14)6-8/h3,5,7-8H,2,4,6H2,1H3. The van der Waals surface area contributed by atoms with E-state index in [4.69, 9.17) is 16.3 Å². The Morgan fingerprint density at radius 1 is 1.47 bits per heavy atom. The number of benzene rings is 1. The summed E-state index contributed by atoms with van der Waals surface area (Å²) in [5.41, 5.74) is 1.15. The van der Waals surface area contributed by atoms with Gasteiger partial charge in [-0.05, 0) is 30.0 Å². The first-order chi connectivity index (χ1) is 7.20. The summed E-state index contributed by atoms with van der Waals surface area (Å²) in [4.78, 5) is 11.2. The highest BCUT2D eigenvalue weighted by Gasteiger charge is 2.23. The van der Waals surface area contributed by atoms with E-state index in [2.05, 4.69) is 0 Å². The SMILES string of the molecule is COc1cc(C2CCC(=O)C2)ccc1Cl.